The zero-order valence-corrected chi connectivity index (χ0v) is 68.0. The predicted octanol–water partition coefficient (Wildman–Crippen LogP) is -14.6. The van der Waals surface area contributed by atoms with E-state index in [1.807, 2.05) is 0 Å². The predicted molar refractivity (Wildman–Crippen MR) is 406 cm³/mol. The highest BCUT2D eigenvalue weighted by molar-refractivity contribution is 5.85. The first-order chi connectivity index (χ1) is 57.4. The fourth-order valence-electron chi connectivity index (χ4n) is 15.5. The smallest absolute Gasteiger partial charge is 0.224 e. The molecule has 0 aromatic carbocycles. The van der Waals surface area contributed by atoms with Crippen molar-refractivity contribution in [1.82, 2.24) is 26.6 Å². The summed E-state index contributed by atoms with van der Waals surface area (Å²) in [5.41, 5.74) is 55.5. The van der Waals surface area contributed by atoms with E-state index < -0.39 is 364 Å². The Balaban J connectivity index is 1.08. The number of hydrogen-bond acceptors (Lipinski definition) is 40. The lowest BCUT2D eigenvalue weighted by atomic mass is 9.91. The number of carbonyl (C=O) groups excluding carboxylic acids is 9. The fourth-order valence-corrected chi connectivity index (χ4v) is 15.5. The van der Waals surface area contributed by atoms with E-state index in [1.54, 1.807) is 27.7 Å². The molecule has 16 aliphatic rings. The van der Waals surface area contributed by atoms with E-state index in [9.17, 15) is 104 Å². The normalized spacial score (nSPS) is 43.0. The number of amides is 9. The molecule has 49 heteroatoms. The van der Waals surface area contributed by atoms with Crippen molar-refractivity contribution in [3.8, 4) is 0 Å². The van der Waals surface area contributed by atoms with Gasteiger partial charge in [-0.2, -0.15) is 0 Å². The van der Waals surface area contributed by atoms with Crippen LogP contribution in [0.15, 0.2) is 0 Å². The standard InChI is InChI=1S/C72H128N14O35/c1-6-27-10-31(59(78)100)20-108-53-35(14-87)113-68(42(74)47(53)94)119-56-38(17-90)115-70(44(76)50(56)97)118-55-37(16-89)112-67(41(73)49(55)96)110-22-33(61(80)102)12-29(8-3)65(106)84-25-85-66(107)30(9-4)13-34(62(81)103)23-111-72-46(86-26(5)93)52(99)58(40(19-92)117-72)121-71-45(77)51(98)57(39(18-91)116-71)120-69-43(75)48(95)54(36(15-88)114-69)109-21-32(60(79)101)11-28(7-2)64(105)83-24-82-63(27)104/h27-58,67-72,87-92,94-99H,6-25,73-77H2,1-5H3,(H2,78,100)(H2,79,101)(H2,80,102)(H2,81,103)(H,82,104)(H,83,105)(H,84,106)(H,85,107)(H,86,93)/t27?,28?,29?,30?,31?,32?,33?,34?,35-,36-,37?,38?,39?,40?,41?,42?,43?,44?,45?,46?,47?,48?,49?,50+,51+,52?,53+,54+,55+,56+,57+,58+,67+,68-,69-,70-,71-,72+/m0/s1. The minimum atomic E-state index is -1.89. The van der Waals surface area contributed by atoms with Gasteiger partial charge in [-0.05, 0) is 51.4 Å². The van der Waals surface area contributed by atoms with Crippen LogP contribution in [0, 0.1) is 47.3 Å². The SMILES string of the molecule is CCC1CC(C(N)=O)CO[C@@H]2OC(CO)[C@@H](O[C@@H]3OC(CO)[C@@H](O[C@@H]4O[C@@H](CO)[C@@H](OCC(C(N)=O)CC(CC)C(=O)NCNC(=O)C(CC)CC(C(N)=O)CO[C@H]5C(O)C(N)[C@@H](O[C@H]5CO)O[C@@H]5C(CO)O[C@@H](O[C@@H]6C(CO)O[C@@H](OCC(C(N)=O)CC(CC)C(=O)NCNC1=O)C(NC(C)=O)C6O)C(N)[C@H]5O)C(O)C4N)[C@H](O)C3N)C(O)C2N. The summed E-state index contributed by atoms with van der Waals surface area (Å²) in [6, 6.07) is -9.55. The first-order valence-electron chi connectivity index (χ1n) is 40.5. The summed E-state index contributed by atoms with van der Waals surface area (Å²) < 4.78 is 83.7. The van der Waals surface area contributed by atoms with Crippen LogP contribution in [-0.2, 0) is 109 Å². The number of ether oxygens (including phenoxy) is 14. The van der Waals surface area contributed by atoms with Gasteiger partial charge in [-0.1, -0.05) is 27.7 Å². The molecule has 0 radical (unpaired) electrons. The highest BCUT2D eigenvalue weighted by atomic mass is 16.8. The number of rotatable bonds is 15. The second kappa shape index (κ2) is 48.1. The van der Waals surface area contributed by atoms with E-state index in [1.165, 1.54) is 0 Å². The Hall–Kier alpha value is -6.01. The molecule has 22 unspecified atom stereocenters. The van der Waals surface area contributed by atoms with Crippen molar-refractivity contribution in [3.63, 3.8) is 0 Å². The Morgan fingerprint density at radius 1 is 0.331 bits per heavy atom. The summed E-state index contributed by atoms with van der Waals surface area (Å²) >= 11 is 0. The summed E-state index contributed by atoms with van der Waals surface area (Å²) in [6.07, 6.45) is -40.7. The quantitative estimate of drug-likeness (QED) is 0.0724. The molecule has 12 bridgehead atoms. The van der Waals surface area contributed by atoms with Crippen LogP contribution in [-0.4, -0.2) is 378 Å². The molecule has 49 nitrogen and oxygen atoms in total. The monoisotopic (exact) mass is 1750 g/mol. The number of aliphatic hydroxyl groups excluding tert-OH is 12. The molecular weight excluding hydrogens is 1620 g/mol. The van der Waals surface area contributed by atoms with E-state index in [4.69, 9.17) is 118 Å². The molecule has 696 valence electrons. The van der Waals surface area contributed by atoms with Crippen LogP contribution in [0.25, 0.3) is 0 Å². The molecule has 16 saturated heterocycles. The van der Waals surface area contributed by atoms with Crippen LogP contribution in [0.4, 0.5) is 0 Å². The minimum Gasteiger partial charge on any atom is -0.394 e. The van der Waals surface area contributed by atoms with E-state index in [2.05, 4.69) is 26.6 Å². The Kier molecular flexibility index (Phi) is 40.6. The van der Waals surface area contributed by atoms with Gasteiger partial charge in [0.1, 0.15) is 116 Å². The van der Waals surface area contributed by atoms with Crippen LogP contribution in [0.1, 0.15) is 86.0 Å². The van der Waals surface area contributed by atoms with Crippen LogP contribution in [0.5, 0.6) is 0 Å². The maximum absolute atomic E-state index is 13.7. The second-order valence-electron chi connectivity index (χ2n) is 31.4. The minimum absolute atomic E-state index is 0.0950. The van der Waals surface area contributed by atoms with Gasteiger partial charge >= 0.3 is 0 Å². The molecule has 0 saturated carbocycles. The molecule has 16 aliphatic heterocycles. The van der Waals surface area contributed by atoms with Gasteiger partial charge in [0.15, 0.2) is 37.7 Å². The lowest BCUT2D eigenvalue weighted by molar-refractivity contribution is -0.352. The zero-order valence-electron chi connectivity index (χ0n) is 68.0. The van der Waals surface area contributed by atoms with Gasteiger partial charge in [0, 0.05) is 30.6 Å². The van der Waals surface area contributed by atoms with Crippen LogP contribution in [0.2, 0.25) is 0 Å². The third-order valence-corrected chi connectivity index (χ3v) is 23.2. The molecule has 121 heavy (non-hydrogen) atoms. The molecular formula is C72H128N14O35. The average Bonchev–Trinajstić information content (AvgIpc) is 0.778. The topological polar surface area (TPSA) is 820 Å². The van der Waals surface area contributed by atoms with Gasteiger partial charge in [-0.3, -0.25) is 43.2 Å². The Bertz CT molecular complexity index is 3300. The summed E-state index contributed by atoms with van der Waals surface area (Å²) in [5, 5.41) is 147. The molecule has 16 heterocycles. The van der Waals surface area contributed by atoms with E-state index in [0.717, 1.165) is 6.92 Å². The largest absolute Gasteiger partial charge is 0.394 e. The van der Waals surface area contributed by atoms with Crippen LogP contribution >= 0.6 is 0 Å². The van der Waals surface area contributed by atoms with Crippen molar-refractivity contribution >= 4 is 53.2 Å². The van der Waals surface area contributed by atoms with E-state index in [-0.39, 0.29) is 51.4 Å². The zero-order chi connectivity index (χ0) is 89.7. The molecule has 0 aromatic heterocycles. The van der Waals surface area contributed by atoms with Crippen molar-refractivity contribution in [1.29, 1.82) is 0 Å². The number of nitrogens with one attached hydrogen (secondary N) is 5. The lowest BCUT2D eigenvalue weighted by Crippen LogP contribution is -2.70. The van der Waals surface area contributed by atoms with Crippen molar-refractivity contribution in [2.75, 3.05) is 79.4 Å². The Labute approximate surface area is 696 Å². The van der Waals surface area contributed by atoms with Gasteiger partial charge in [0.25, 0.3) is 0 Å². The van der Waals surface area contributed by atoms with Crippen LogP contribution in [0.3, 0.4) is 0 Å². The second-order valence-corrected chi connectivity index (χ2v) is 31.4. The highest BCUT2D eigenvalue weighted by Gasteiger charge is 2.57. The van der Waals surface area contributed by atoms with Gasteiger partial charge in [0.05, 0.1) is 133 Å². The molecule has 16 fully saturated rings. The molecule has 16 rings (SSSR count). The van der Waals surface area contributed by atoms with Crippen molar-refractivity contribution < 1.29 is 171 Å². The Morgan fingerprint density at radius 3 is 0.793 bits per heavy atom. The van der Waals surface area contributed by atoms with Gasteiger partial charge in [0.2, 0.25) is 53.2 Å². The van der Waals surface area contributed by atoms with Crippen LogP contribution < -0.4 is 78.2 Å². The summed E-state index contributed by atoms with van der Waals surface area (Å²) in [4.78, 5) is 120. The maximum Gasteiger partial charge on any atom is 0.224 e. The average molecular weight is 1750 g/mol. The third kappa shape index (κ3) is 26.1. The number of hydrogen-bond donors (Lipinski definition) is 26. The highest BCUT2D eigenvalue weighted by Crippen LogP contribution is 2.37. The number of nitrogens with two attached hydrogens (primary N) is 9. The molecule has 0 aromatic rings. The lowest BCUT2D eigenvalue weighted by Gasteiger charge is -2.49. The first kappa shape index (κ1) is 102. The third-order valence-electron chi connectivity index (χ3n) is 23.2. The molecule has 0 spiro atoms. The number of aliphatic hydroxyl groups is 12. The van der Waals surface area contributed by atoms with E-state index in [0.29, 0.717) is 0 Å². The fraction of sp³-hybridized carbons (Fsp3) is 0.875. The number of carbonyl (C=O) groups is 9. The summed E-state index contributed by atoms with van der Waals surface area (Å²) in [6.45, 7) is -1.15. The summed E-state index contributed by atoms with van der Waals surface area (Å²) in [7, 11) is 0. The van der Waals surface area contributed by atoms with Gasteiger partial charge in [-0.25, -0.2) is 0 Å². The van der Waals surface area contributed by atoms with Gasteiger partial charge in [-0.15, -0.1) is 0 Å². The summed E-state index contributed by atoms with van der Waals surface area (Å²) in [5.74, 6) is -16.1. The molecule has 9 amide bonds. The Morgan fingerprint density at radius 2 is 0.545 bits per heavy atom. The number of primary amides is 4. The van der Waals surface area contributed by atoms with Gasteiger partial charge < -0.3 is 206 Å². The maximum atomic E-state index is 13.7. The van der Waals surface area contributed by atoms with Crippen molar-refractivity contribution in [2.45, 2.75) is 270 Å². The first-order valence-corrected chi connectivity index (χ1v) is 40.5. The molecule has 0 aliphatic carbocycles. The molecule has 35 N–H and O–H groups in total. The van der Waals surface area contributed by atoms with Crippen molar-refractivity contribution in [2.24, 2.45) is 98.9 Å². The van der Waals surface area contributed by atoms with Crippen molar-refractivity contribution in [3.05, 3.63) is 0 Å². The molecule has 38 atom stereocenters. The van der Waals surface area contributed by atoms with E-state index >= 15 is 0 Å².